The first kappa shape index (κ1) is 16.7. The van der Waals surface area contributed by atoms with E-state index in [0.29, 0.717) is 0 Å². The van der Waals surface area contributed by atoms with E-state index < -0.39 is 5.54 Å². The number of anilines is 1. The van der Waals surface area contributed by atoms with Gasteiger partial charge in [-0.15, -0.1) is 0 Å². The molecule has 3 rings (SSSR count). The number of amides is 1. The summed E-state index contributed by atoms with van der Waals surface area (Å²) in [7, 11) is 0. The normalized spacial score (nSPS) is 19.1. The molecule has 0 fully saturated rings. The number of benzene rings is 2. The molecular weight excluding hydrogens is 300 g/mol. The fraction of sp³-hybridized carbons (Fsp3) is 0.350. The predicted molar refractivity (Wildman–Crippen MR) is 96.1 cm³/mol. The van der Waals surface area contributed by atoms with E-state index in [9.17, 15) is 9.90 Å². The van der Waals surface area contributed by atoms with Crippen molar-refractivity contribution < 1.29 is 9.90 Å². The molecule has 2 aromatic rings. The summed E-state index contributed by atoms with van der Waals surface area (Å²) in [5.74, 6) is -0.0998. The highest BCUT2D eigenvalue weighted by Gasteiger charge is 2.37. The van der Waals surface area contributed by atoms with Crippen LogP contribution in [0, 0.1) is 13.8 Å². The van der Waals surface area contributed by atoms with Crippen LogP contribution in [0.3, 0.4) is 0 Å². The van der Waals surface area contributed by atoms with Gasteiger partial charge in [-0.05, 0) is 61.1 Å². The molecule has 0 aromatic heterocycles. The minimum absolute atomic E-state index is 0.0130. The fourth-order valence-corrected chi connectivity index (χ4v) is 3.59. The van der Waals surface area contributed by atoms with Gasteiger partial charge in [-0.3, -0.25) is 10.1 Å². The zero-order valence-electron chi connectivity index (χ0n) is 14.2. The number of aryl methyl sites for hydroxylation is 3. The second kappa shape index (κ2) is 6.75. The Morgan fingerprint density at radius 2 is 1.88 bits per heavy atom. The topological polar surface area (TPSA) is 61.4 Å². The largest absolute Gasteiger partial charge is 0.394 e. The molecule has 1 unspecified atom stereocenters. The molecule has 24 heavy (non-hydrogen) atoms. The third-order valence-electron chi connectivity index (χ3n) is 4.72. The molecule has 1 aliphatic rings. The van der Waals surface area contributed by atoms with Crippen LogP contribution in [-0.2, 0) is 16.8 Å². The van der Waals surface area contributed by atoms with Gasteiger partial charge in [0.05, 0.1) is 18.7 Å². The van der Waals surface area contributed by atoms with Crippen molar-refractivity contribution in [2.45, 2.75) is 32.2 Å². The maximum absolute atomic E-state index is 12.3. The van der Waals surface area contributed by atoms with Gasteiger partial charge in [-0.2, -0.15) is 0 Å². The minimum Gasteiger partial charge on any atom is -0.394 e. The van der Waals surface area contributed by atoms with E-state index >= 15 is 0 Å². The number of nitrogens with one attached hydrogen (secondary N) is 2. The Balaban J connectivity index is 1.67. The molecule has 0 radical (unpaired) electrons. The number of carbonyl (C=O) groups excluding carboxylic acids is 1. The first-order chi connectivity index (χ1) is 11.5. The van der Waals surface area contributed by atoms with Crippen LogP contribution < -0.4 is 10.6 Å². The smallest absolute Gasteiger partial charge is 0.238 e. The number of hydrogen-bond donors (Lipinski definition) is 3. The molecule has 1 atom stereocenters. The number of aliphatic hydroxyl groups excluding tert-OH is 1. The van der Waals surface area contributed by atoms with Gasteiger partial charge in [0, 0.05) is 5.69 Å². The molecule has 126 valence electrons. The third-order valence-corrected chi connectivity index (χ3v) is 4.72. The van der Waals surface area contributed by atoms with E-state index in [4.69, 9.17) is 0 Å². The van der Waals surface area contributed by atoms with Crippen LogP contribution in [0.15, 0.2) is 42.5 Å². The summed E-state index contributed by atoms with van der Waals surface area (Å²) >= 11 is 0. The SMILES string of the molecule is Cc1cc(C)cc(NC(=O)CNC2(CO)CCc3ccccc32)c1. The van der Waals surface area contributed by atoms with Crippen LogP contribution in [0.1, 0.15) is 28.7 Å². The number of aliphatic hydroxyl groups is 1. The lowest BCUT2D eigenvalue weighted by Gasteiger charge is -2.29. The second-order valence-electron chi connectivity index (χ2n) is 6.68. The van der Waals surface area contributed by atoms with Crippen molar-refractivity contribution in [2.24, 2.45) is 0 Å². The maximum atomic E-state index is 12.3. The van der Waals surface area contributed by atoms with Gasteiger partial charge in [0.1, 0.15) is 0 Å². The van der Waals surface area contributed by atoms with Gasteiger partial charge in [-0.25, -0.2) is 0 Å². The predicted octanol–water partition coefficient (Wildman–Crippen LogP) is 2.67. The van der Waals surface area contributed by atoms with Crippen molar-refractivity contribution in [3.05, 3.63) is 64.7 Å². The van der Waals surface area contributed by atoms with E-state index in [2.05, 4.69) is 22.8 Å². The minimum atomic E-state index is -0.517. The van der Waals surface area contributed by atoms with E-state index in [1.54, 1.807) is 0 Å². The molecule has 0 saturated carbocycles. The summed E-state index contributed by atoms with van der Waals surface area (Å²) in [6.45, 7) is 4.18. The van der Waals surface area contributed by atoms with E-state index in [0.717, 1.165) is 35.2 Å². The van der Waals surface area contributed by atoms with Crippen LogP contribution in [0.5, 0.6) is 0 Å². The van der Waals surface area contributed by atoms with Crippen LogP contribution in [-0.4, -0.2) is 24.2 Å². The molecule has 1 amide bonds. The quantitative estimate of drug-likeness (QED) is 0.792. The molecule has 0 heterocycles. The van der Waals surface area contributed by atoms with E-state index in [1.165, 1.54) is 5.56 Å². The second-order valence-corrected chi connectivity index (χ2v) is 6.68. The highest BCUT2D eigenvalue weighted by atomic mass is 16.3. The van der Waals surface area contributed by atoms with Gasteiger partial charge in [-0.1, -0.05) is 30.3 Å². The molecule has 0 bridgehead atoms. The summed E-state index contributed by atoms with van der Waals surface area (Å²) in [5.41, 5.74) is 4.88. The Morgan fingerprint density at radius 1 is 1.17 bits per heavy atom. The van der Waals surface area contributed by atoms with Gasteiger partial charge >= 0.3 is 0 Å². The van der Waals surface area contributed by atoms with Crippen LogP contribution in [0.4, 0.5) is 5.69 Å². The summed E-state index contributed by atoms with van der Waals surface area (Å²) in [6, 6.07) is 14.1. The average molecular weight is 324 g/mol. The molecule has 2 aromatic carbocycles. The zero-order chi connectivity index (χ0) is 17.2. The molecule has 0 saturated heterocycles. The monoisotopic (exact) mass is 324 g/mol. The number of carbonyl (C=O) groups is 1. The van der Waals surface area contributed by atoms with Gasteiger partial charge < -0.3 is 10.4 Å². The Morgan fingerprint density at radius 3 is 2.58 bits per heavy atom. The summed E-state index contributed by atoms with van der Waals surface area (Å²) in [6.07, 6.45) is 1.72. The lowest BCUT2D eigenvalue weighted by molar-refractivity contribution is -0.115. The Labute approximate surface area is 142 Å². The van der Waals surface area contributed by atoms with Gasteiger partial charge in [0.25, 0.3) is 0 Å². The van der Waals surface area contributed by atoms with Crippen LogP contribution in [0.2, 0.25) is 0 Å². The number of rotatable bonds is 5. The average Bonchev–Trinajstić information content (AvgIpc) is 2.91. The molecular formula is C20H24N2O2. The molecule has 0 spiro atoms. The van der Waals surface area contributed by atoms with Crippen molar-refractivity contribution in [3.8, 4) is 0 Å². The molecule has 0 aliphatic heterocycles. The van der Waals surface area contributed by atoms with Crippen LogP contribution in [0.25, 0.3) is 0 Å². The van der Waals surface area contributed by atoms with Gasteiger partial charge in [0.15, 0.2) is 0 Å². The standard InChI is InChI=1S/C20H24N2O2/c1-14-9-15(2)11-17(10-14)22-19(24)12-21-20(13-23)8-7-16-5-3-4-6-18(16)20/h3-6,9-11,21,23H,7-8,12-13H2,1-2H3,(H,22,24). The van der Waals surface area contributed by atoms with Crippen molar-refractivity contribution in [2.75, 3.05) is 18.5 Å². The fourth-order valence-electron chi connectivity index (χ4n) is 3.59. The Bertz CT molecular complexity index is 737. The Hall–Kier alpha value is -2.17. The first-order valence-corrected chi connectivity index (χ1v) is 8.35. The lowest BCUT2D eigenvalue weighted by Crippen LogP contribution is -2.47. The number of hydrogen-bond acceptors (Lipinski definition) is 3. The highest BCUT2D eigenvalue weighted by molar-refractivity contribution is 5.92. The van der Waals surface area contributed by atoms with Crippen molar-refractivity contribution >= 4 is 11.6 Å². The molecule has 4 heteroatoms. The number of fused-ring (bicyclic) bond motifs is 1. The summed E-state index contributed by atoms with van der Waals surface area (Å²) < 4.78 is 0. The molecule has 3 N–H and O–H groups in total. The maximum Gasteiger partial charge on any atom is 0.238 e. The molecule has 4 nitrogen and oxygen atoms in total. The van der Waals surface area contributed by atoms with Gasteiger partial charge in [0.2, 0.25) is 5.91 Å². The van der Waals surface area contributed by atoms with E-state index in [1.807, 2.05) is 44.2 Å². The van der Waals surface area contributed by atoms with Crippen molar-refractivity contribution in [3.63, 3.8) is 0 Å². The lowest BCUT2D eigenvalue weighted by atomic mass is 9.92. The first-order valence-electron chi connectivity index (χ1n) is 8.35. The summed E-state index contributed by atoms with van der Waals surface area (Å²) in [4.78, 5) is 12.3. The summed E-state index contributed by atoms with van der Waals surface area (Å²) in [5, 5.41) is 16.2. The molecule has 1 aliphatic carbocycles. The van der Waals surface area contributed by atoms with Crippen molar-refractivity contribution in [1.82, 2.24) is 5.32 Å². The van der Waals surface area contributed by atoms with E-state index in [-0.39, 0.29) is 19.1 Å². The van der Waals surface area contributed by atoms with Crippen LogP contribution >= 0.6 is 0 Å². The zero-order valence-corrected chi connectivity index (χ0v) is 14.2. The van der Waals surface area contributed by atoms with Crippen molar-refractivity contribution in [1.29, 1.82) is 0 Å². The third kappa shape index (κ3) is 3.35. The Kier molecular flexibility index (Phi) is 4.69. The highest BCUT2D eigenvalue weighted by Crippen LogP contribution is 2.36.